The molecule has 2 aromatic rings. The summed E-state index contributed by atoms with van der Waals surface area (Å²) in [6.07, 6.45) is 7.77. The van der Waals surface area contributed by atoms with E-state index in [1.807, 2.05) is 18.2 Å². The lowest BCUT2D eigenvalue weighted by Gasteiger charge is -2.52. The van der Waals surface area contributed by atoms with Crippen LogP contribution in [0, 0.1) is 11.7 Å². The summed E-state index contributed by atoms with van der Waals surface area (Å²) in [4.78, 5) is 26.7. The molecule has 3 saturated heterocycles. The Balaban J connectivity index is 1.30. The third-order valence-corrected chi connectivity index (χ3v) is 8.60. The molecular formula is C29H36FN2O3+. The number of ether oxygens (including phenoxy) is 1. The predicted molar refractivity (Wildman–Crippen MR) is 133 cm³/mol. The van der Waals surface area contributed by atoms with Crippen LogP contribution < -0.4 is 5.32 Å². The summed E-state index contributed by atoms with van der Waals surface area (Å²) in [5.74, 6) is -0.352. The Morgan fingerprint density at radius 3 is 2.29 bits per heavy atom. The topological polar surface area (TPSA) is 55.4 Å². The largest absolute Gasteiger partial charge is 0.455 e. The van der Waals surface area contributed by atoms with Crippen molar-refractivity contribution in [1.29, 1.82) is 0 Å². The zero-order chi connectivity index (χ0) is 24.3. The number of fused-ring (bicyclic) bond motifs is 3. The molecule has 6 heteroatoms. The fourth-order valence-electron chi connectivity index (χ4n) is 6.58. The van der Waals surface area contributed by atoms with Crippen molar-refractivity contribution < 1.29 is 23.2 Å². The van der Waals surface area contributed by atoms with E-state index in [1.54, 1.807) is 18.2 Å². The minimum absolute atomic E-state index is 0.0849. The highest BCUT2D eigenvalue weighted by Crippen LogP contribution is 2.42. The molecule has 3 heterocycles. The lowest BCUT2D eigenvalue weighted by molar-refractivity contribution is -0.939. The van der Waals surface area contributed by atoms with Crippen LogP contribution in [0.25, 0.3) is 0 Å². The van der Waals surface area contributed by atoms with Crippen molar-refractivity contribution in [2.24, 2.45) is 5.92 Å². The second kappa shape index (κ2) is 10.1. The van der Waals surface area contributed by atoms with Gasteiger partial charge >= 0.3 is 5.97 Å². The molecule has 3 aliphatic heterocycles. The van der Waals surface area contributed by atoms with Crippen LogP contribution in [0.1, 0.15) is 56.9 Å². The number of hydrogen-bond acceptors (Lipinski definition) is 3. The highest BCUT2D eigenvalue weighted by atomic mass is 19.1. The minimum atomic E-state index is -0.573. The van der Waals surface area contributed by atoms with Crippen LogP contribution in [0.4, 0.5) is 10.1 Å². The number of rotatable bonds is 6. The molecule has 1 saturated carbocycles. The average Bonchev–Trinajstić information content (AvgIpc) is 3.14. The first kappa shape index (κ1) is 24.0. The number of nitrogens with one attached hydrogen (secondary N) is 1. The fraction of sp³-hybridized carbons (Fsp3) is 0.517. The third-order valence-electron chi connectivity index (χ3n) is 8.60. The minimum Gasteiger partial charge on any atom is -0.455 e. The van der Waals surface area contributed by atoms with E-state index in [0.29, 0.717) is 16.9 Å². The quantitative estimate of drug-likeness (QED) is 0.352. The summed E-state index contributed by atoms with van der Waals surface area (Å²) in [6, 6.07) is 16.4. The van der Waals surface area contributed by atoms with Gasteiger partial charge in [0.15, 0.2) is 12.6 Å². The number of carbonyl (C=O) groups is 2. The maximum atomic E-state index is 14.0. The van der Waals surface area contributed by atoms with E-state index in [2.05, 4.69) is 17.4 Å². The number of benzene rings is 2. The SMILES string of the molecule is O=C(C[N+]12CCC(CC1)[C@@H](OC(=O)C1(c3ccccc3)CCCCCC1)C2)Nc1ccccc1F. The predicted octanol–water partition coefficient (Wildman–Crippen LogP) is 5.21. The molecule has 6 rings (SSSR count). The first-order valence-corrected chi connectivity index (χ1v) is 13.2. The molecule has 2 bridgehead atoms. The van der Waals surface area contributed by atoms with Gasteiger partial charge < -0.3 is 14.5 Å². The number of para-hydroxylation sites is 1. The lowest BCUT2D eigenvalue weighted by atomic mass is 9.74. The van der Waals surface area contributed by atoms with Crippen molar-refractivity contribution in [3.63, 3.8) is 0 Å². The van der Waals surface area contributed by atoms with E-state index < -0.39 is 11.2 Å². The van der Waals surface area contributed by atoms with E-state index >= 15 is 0 Å². The molecule has 1 atom stereocenters. The van der Waals surface area contributed by atoms with Gasteiger partial charge in [0.1, 0.15) is 12.4 Å². The van der Waals surface area contributed by atoms with Crippen LogP contribution in [-0.4, -0.2) is 48.6 Å². The van der Waals surface area contributed by atoms with Crippen molar-refractivity contribution in [3.05, 3.63) is 66.0 Å². The number of amides is 1. The maximum Gasteiger partial charge on any atom is 0.317 e. The summed E-state index contributed by atoms with van der Waals surface area (Å²) >= 11 is 0. The number of piperidine rings is 3. The number of halogens is 1. The molecule has 186 valence electrons. The van der Waals surface area contributed by atoms with Crippen molar-refractivity contribution in [3.8, 4) is 0 Å². The average molecular weight is 480 g/mol. The second-order valence-corrected chi connectivity index (χ2v) is 10.8. The number of esters is 1. The summed E-state index contributed by atoms with van der Waals surface area (Å²) in [7, 11) is 0. The molecule has 1 aliphatic carbocycles. The van der Waals surface area contributed by atoms with Crippen LogP contribution in [0.3, 0.4) is 0 Å². The Morgan fingerprint density at radius 1 is 0.943 bits per heavy atom. The van der Waals surface area contributed by atoms with Gasteiger partial charge in [-0.15, -0.1) is 0 Å². The first-order valence-electron chi connectivity index (χ1n) is 13.2. The molecule has 35 heavy (non-hydrogen) atoms. The third kappa shape index (κ3) is 4.99. The van der Waals surface area contributed by atoms with Gasteiger partial charge in [-0.25, -0.2) is 4.39 Å². The van der Waals surface area contributed by atoms with Gasteiger partial charge in [0, 0.05) is 18.8 Å². The van der Waals surface area contributed by atoms with Gasteiger partial charge in [0.05, 0.1) is 24.2 Å². The molecule has 4 aliphatic rings. The Hall–Kier alpha value is -2.73. The number of nitrogens with zero attached hydrogens (tertiary/aromatic N) is 1. The molecule has 5 nitrogen and oxygen atoms in total. The number of anilines is 1. The van der Waals surface area contributed by atoms with Crippen LogP contribution in [0.5, 0.6) is 0 Å². The van der Waals surface area contributed by atoms with Crippen molar-refractivity contribution in [2.45, 2.75) is 62.9 Å². The molecule has 4 fully saturated rings. The number of carbonyl (C=O) groups excluding carboxylic acids is 2. The van der Waals surface area contributed by atoms with Gasteiger partial charge in [-0.1, -0.05) is 68.1 Å². The first-order chi connectivity index (χ1) is 17.0. The molecular weight excluding hydrogens is 443 g/mol. The van der Waals surface area contributed by atoms with E-state index in [4.69, 9.17) is 4.74 Å². The fourth-order valence-corrected chi connectivity index (χ4v) is 6.58. The van der Waals surface area contributed by atoms with E-state index in [1.165, 1.54) is 6.07 Å². The summed E-state index contributed by atoms with van der Waals surface area (Å²) in [5, 5.41) is 2.74. The Morgan fingerprint density at radius 2 is 1.60 bits per heavy atom. The zero-order valence-electron chi connectivity index (χ0n) is 20.4. The van der Waals surface area contributed by atoms with E-state index in [9.17, 15) is 14.0 Å². The summed E-state index contributed by atoms with van der Waals surface area (Å²) in [5.41, 5.74) is 0.710. The van der Waals surface area contributed by atoms with Crippen molar-refractivity contribution >= 4 is 17.6 Å². The molecule has 0 aromatic heterocycles. The van der Waals surface area contributed by atoms with E-state index in [0.717, 1.165) is 70.0 Å². The second-order valence-electron chi connectivity index (χ2n) is 10.8. The van der Waals surface area contributed by atoms with Crippen molar-refractivity contribution in [2.75, 3.05) is 31.5 Å². The lowest BCUT2D eigenvalue weighted by Crippen LogP contribution is -2.66. The standard InChI is InChI=1S/C29H35FN2O3/c30-24-12-6-7-13-25(24)31-27(33)21-32-18-14-22(15-19-32)26(20-32)35-28(34)29(16-8-1-2-9-17-29)23-10-4-3-5-11-23/h3-7,10-13,22,26H,1-2,8-9,14-21H2/p+1/t22?,26-,32?/m0/s1. The van der Waals surface area contributed by atoms with Crippen LogP contribution in [0.15, 0.2) is 54.6 Å². The Labute approximate surface area is 207 Å². The Bertz CT molecular complexity index is 1040. The normalized spacial score (nSPS) is 27.6. The molecule has 0 spiro atoms. The van der Waals surface area contributed by atoms with Crippen LogP contribution in [-0.2, 0) is 19.7 Å². The maximum absolute atomic E-state index is 14.0. The van der Waals surface area contributed by atoms with Crippen LogP contribution >= 0.6 is 0 Å². The molecule has 0 radical (unpaired) electrons. The highest BCUT2D eigenvalue weighted by molar-refractivity contribution is 5.91. The van der Waals surface area contributed by atoms with Gasteiger partial charge in [0.25, 0.3) is 5.91 Å². The number of quaternary nitrogens is 1. The molecule has 1 N–H and O–H groups in total. The summed E-state index contributed by atoms with van der Waals surface area (Å²) in [6.45, 7) is 2.73. The van der Waals surface area contributed by atoms with Crippen LogP contribution in [0.2, 0.25) is 0 Å². The van der Waals surface area contributed by atoms with Gasteiger partial charge in [-0.3, -0.25) is 9.59 Å². The Kier molecular flexibility index (Phi) is 6.92. The number of hydrogen-bond donors (Lipinski definition) is 1. The molecule has 2 aromatic carbocycles. The van der Waals surface area contributed by atoms with E-state index in [-0.39, 0.29) is 30.2 Å². The molecule has 0 unspecified atom stereocenters. The molecule has 1 amide bonds. The monoisotopic (exact) mass is 479 g/mol. The van der Waals surface area contributed by atoms with Crippen molar-refractivity contribution in [1.82, 2.24) is 0 Å². The van der Waals surface area contributed by atoms with Gasteiger partial charge in [-0.05, 0) is 30.5 Å². The van der Waals surface area contributed by atoms with Gasteiger partial charge in [-0.2, -0.15) is 0 Å². The summed E-state index contributed by atoms with van der Waals surface area (Å²) < 4.78 is 21.0. The zero-order valence-corrected chi connectivity index (χ0v) is 20.4. The highest BCUT2D eigenvalue weighted by Gasteiger charge is 2.51. The van der Waals surface area contributed by atoms with Gasteiger partial charge in [0.2, 0.25) is 0 Å². The smallest absolute Gasteiger partial charge is 0.317 e.